The van der Waals surface area contributed by atoms with Crippen molar-refractivity contribution in [1.82, 2.24) is 4.90 Å². The number of ether oxygens (including phenoxy) is 1. The smallest absolute Gasteiger partial charge is 0.258 e. The van der Waals surface area contributed by atoms with Crippen LogP contribution in [0.4, 0.5) is 13.2 Å². The molecule has 1 saturated heterocycles. The second kappa shape index (κ2) is 6.93. The van der Waals surface area contributed by atoms with Crippen molar-refractivity contribution in [2.75, 3.05) is 33.4 Å². The Kier molecular flexibility index (Phi) is 6.12. The highest BCUT2D eigenvalue weighted by Crippen LogP contribution is 2.61. The summed E-state index contributed by atoms with van der Waals surface area (Å²) in [7, 11) is 0.500. The summed E-state index contributed by atoms with van der Waals surface area (Å²) < 4.78 is 42.0. The molecule has 114 valence electrons. The molecule has 1 atom stereocenters. The fraction of sp³-hybridized carbons (Fsp3) is 1.00. The molecule has 2 fully saturated rings. The first-order chi connectivity index (χ1) is 8.95. The van der Waals surface area contributed by atoms with E-state index in [2.05, 4.69) is 4.90 Å². The Labute approximate surface area is 114 Å². The van der Waals surface area contributed by atoms with Crippen LogP contribution in [0.1, 0.15) is 39.5 Å². The third-order valence-corrected chi connectivity index (χ3v) is 3.88. The fourth-order valence-corrected chi connectivity index (χ4v) is 2.63. The molecule has 0 spiro atoms. The highest BCUT2D eigenvalue weighted by molar-refractivity contribution is 5.11. The van der Waals surface area contributed by atoms with E-state index < -0.39 is 11.3 Å². The van der Waals surface area contributed by atoms with Gasteiger partial charge in [-0.05, 0) is 39.8 Å². The van der Waals surface area contributed by atoms with Gasteiger partial charge in [-0.3, -0.25) is 4.39 Å². The van der Waals surface area contributed by atoms with Crippen molar-refractivity contribution in [3.8, 4) is 0 Å². The molecule has 1 saturated carbocycles. The van der Waals surface area contributed by atoms with Gasteiger partial charge in [0.2, 0.25) is 0 Å². The molecule has 2 aliphatic rings. The van der Waals surface area contributed by atoms with E-state index >= 15 is 0 Å². The highest BCUT2D eigenvalue weighted by atomic mass is 19.3. The summed E-state index contributed by atoms with van der Waals surface area (Å²) in [5, 5.41) is 0. The molecule has 0 aromatic rings. The Hall–Kier alpha value is -0.290. The van der Waals surface area contributed by atoms with E-state index in [1.165, 1.54) is 6.42 Å². The van der Waals surface area contributed by atoms with Gasteiger partial charge in [0.25, 0.3) is 5.92 Å². The maximum Gasteiger partial charge on any atom is 0.258 e. The molecular weight excluding hydrogens is 255 g/mol. The van der Waals surface area contributed by atoms with E-state index in [1.807, 2.05) is 13.8 Å². The van der Waals surface area contributed by atoms with Gasteiger partial charge in [0.1, 0.15) is 0 Å². The molecule has 2 rings (SSSR count). The van der Waals surface area contributed by atoms with Crippen LogP contribution in [0.25, 0.3) is 0 Å². The fourth-order valence-electron chi connectivity index (χ4n) is 2.63. The summed E-state index contributed by atoms with van der Waals surface area (Å²) in [4.78, 5) is 2.19. The van der Waals surface area contributed by atoms with Crippen LogP contribution >= 0.6 is 0 Å². The van der Waals surface area contributed by atoms with Crippen molar-refractivity contribution in [1.29, 1.82) is 0 Å². The minimum atomic E-state index is -2.51. The summed E-state index contributed by atoms with van der Waals surface area (Å²) in [5.41, 5.74) is -0.894. The molecule has 1 aliphatic carbocycles. The Morgan fingerprint density at radius 2 is 1.63 bits per heavy atom. The van der Waals surface area contributed by atoms with Gasteiger partial charge in [0, 0.05) is 13.0 Å². The number of alkyl halides is 3. The number of nitrogens with zero attached hydrogens (tertiary/aromatic N) is 1. The molecule has 1 aliphatic heterocycles. The molecule has 0 aromatic carbocycles. The van der Waals surface area contributed by atoms with Gasteiger partial charge < -0.3 is 9.64 Å². The van der Waals surface area contributed by atoms with E-state index in [-0.39, 0.29) is 19.1 Å². The van der Waals surface area contributed by atoms with Crippen molar-refractivity contribution in [3.63, 3.8) is 0 Å². The topological polar surface area (TPSA) is 12.5 Å². The quantitative estimate of drug-likeness (QED) is 0.764. The van der Waals surface area contributed by atoms with E-state index in [4.69, 9.17) is 4.74 Å². The van der Waals surface area contributed by atoms with E-state index in [0.29, 0.717) is 13.7 Å². The molecule has 19 heavy (non-hydrogen) atoms. The van der Waals surface area contributed by atoms with Crippen LogP contribution in [0, 0.1) is 5.41 Å². The van der Waals surface area contributed by atoms with E-state index in [0.717, 1.165) is 25.9 Å². The third-order valence-electron chi connectivity index (χ3n) is 3.88. The minimum absolute atomic E-state index is 0.00319. The number of hydrogen-bond acceptors (Lipinski definition) is 2. The molecule has 0 aromatic heterocycles. The average Bonchev–Trinajstić information content (AvgIpc) is 2.92. The van der Waals surface area contributed by atoms with Gasteiger partial charge in [-0.1, -0.05) is 6.42 Å². The van der Waals surface area contributed by atoms with E-state index in [1.54, 1.807) is 0 Å². The Morgan fingerprint density at radius 1 is 1.11 bits per heavy atom. The van der Waals surface area contributed by atoms with Crippen LogP contribution in [-0.4, -0.2) is 50.3 Å². The van der Waals surface area contributed by atoms with Gasteiger partial charge in [0.05, 0.1) is 25.3 Å². The van der Waals surface area contributed by atoms with Crippen LogP contribution in [0.5, 0.6) is 0 Å². The molecular formula is C14H26F3NO. The molecule has 0 amide bonds. The van der Waals surface area contributed by atoms with Crippen LogP contribution < -0.4 is 0 Å². The van der Waals surface area contributed by atoms with Gasteiger partial charge in [-0.25, -0.2) is 8.78 Å². The zero-order chi connectivity index (χ0) is 14.5. The highest BCUT2D eigenvalue weighted by Gasteiger charge is 2.71. The summed E-state index contributed by atoms with van der Waals surface area (Å²) in [6.45, 7) is 6.45. The van der Waals surface area contributed by atoms with Crippen molar-refractivity contribution in [2.24, 2.45) is 5.41 Å². The number of hydrogen-bond donors (Lipinski definition) is 0. The molecule has 0 bridgehead atoms. The summed E-state index contributed by atoms with van der Waals surface area (Å²) in [5.74, 6) is -2.51. The first-order valence-corrected chi connectivity index (χ1v) is 7.05. The van der Waals surface area contributed by atoms with Crippen molar-refractivity contribution in [2.45, 2.75) is 51.6 Å². The average molecular weight is 281 g/mol. The van der Waals surface area contributed by atoms with Crippen LogP contribution in [0.15, 0.2) is 0 Å². The lowest BCUT2D eigenvalue weighted by molar-refractivity contribution is -0.0268. The maximum atomic E-state index is 13.6. The number of rotatable bonds is 5. The molecule has 2 nitrogen and oxygen atoms in total. The Bertz CT molecular complexity index is 267. The SMILES string of the molecule is CC(C)OCC1(CN2CCCCC2)CC1(F)F.CF. The molecule has 0 N–H and O–H groups in total. The number of piperidine rings is 1. The standard InChI is InChI=1S/C13H23F2NO.CH3F/c1-11(2)17-10-12(8-13(12,14)15)9-16-6-4-3-5-7-16;1-2/h11H,3-10H2,1-2H3;1H3. The summed E-state index contributed by atoms with van der Waals surface area (Å²) in [6.07, 6.45) is 3.56. The maximum absolute atomic E-state index is 13.6. The first-order valence-electron chi connectivity index (χ1n) is 7.05. The van der Waals surface area contributed by atoms with Gasteiger partial charge in [-0.15, -0.1) is 0 Å². The Balaban J connectivity index is 0.000000861. The van der Waals surface area contributed by atoms with Crippen molar-refractivity contribution in [3.05, 3.63) is 0 Å². The molecule has 5 heteroatoms. The monoisotopic (exact) mass is 281 g/mol. The molecule has 1 unspecified atom stereocenters. The van der Waals surface area contributed by atoms with E-state index in [9.17, 15) is 13.2 Å². The molecule has 0 radical (unpaired) electrons. The van der Waals surface area contributed by atoms with Crippen molar-refractivity contribution >= 4 is 0 Å². The van der Waals surface area contributed by atoms with Crippen LogP contribution in [0.3, 0.4) is 0 Å². The van der Waals surface area contributed by atoms with Crippen molar-refractivity contribution < 1.29 is 17.9 Å². The van der Waals surface area contributed by atoms with Gasteiger partial charge in [0.15, 0.2) is 0 Å². The first kappa shape index (κ1) is 16.8. The van der Waals surface area contributed by atoms with Crippen LogP contribution in [0.2, 0.25) is 0 Å². The second-order valence-electron chi connectivity index (χ2n) is 5.86. The summed E-state index contributed by atoms with van der Waals surface area (Å²) >= 11 is 0. The lowest BCUT2D eigenvalue weighted by atomic mass is 10.0. The lowest BCUT2D eigenvalue weighted by Gasteiger charge is -2.31. The minimum Gasteiger partial charge on any atom is -0.378 e. The zero-order valence-corrected chi connectivity index (χ0v) is 12.2. The normalized spacial score (nSPS) is 29.8. The number of halogens is 3. The predicted molar refractivity (Wildman–Crippen MR) is 70.4 cm³/mol. The van der Waals surface area contributed by atoms with Gasteiger partial charge >= 0.3 is 0 Å². The zero-order valence-electron chi connectivity index (χ0n) is 12.2. The third kappa shape index (κ3) is 4.35. The predicted octanol–water partition coefficient (Wildman–Crippen LogP) is 3.51. The largest absolute Gasteiger partial charge is 0.378 e. The van der Waals surface area contributed by atoms with Crippen LogP contribution in [-0.2, 0) is 4.74 Å². The van der Waals surface area contributed by atoms with Gasteiger partial charge in [-0.2, -0.15) is 0 Å². The molecule has 1 heterocycles. The summed E-state index contributed by atoms with van der Waals surface area (Å²) in [6, 6.07) is 0. The second-order valence-corrected chi connectivity index (χ2v) is 5.86. The lowest BCUT2D eigenvalue weighted by Crippen LogP contribution is -2.39. The number of likely N-dealkylation sites (tertiary alicyclic amines) is 1. The Morgan fingerprint density at radius 3 is 2.05 bits per heavy atom.